The number of carbonyl (C=O) groups excluding carboxylic acids is 1. The molecular weight excluding hydrogens is 386 g/mol. The van der Waals surface area contributed by atoms with Crippen LogP contribution in [0.1, 0.15) is 55.6 Å². The van der Waals surface area contributed by atoms with Crippen LogP contribution in [-0.4, -0.2) is 54.7 Å². The van der Waals surface area contributed by atoms with Crippen LogP contribution in [0.2, 0.25) is 0 Å². The molecule has 1 aromatic carbocycles. The second-order valence-corrected chi connectivity index (χ2v) is 10.9. The molecule has 2 fully saturated rings. The van der Waals surface area contributed by atoms with Crippen LogP contribution in [0.3, 0.4) is 0 Å². The van der Waals surface area contributed by atoms with Crippen molar-refractivity contribution in [3.05, 3.63) is 29.5 Å². The van der Waals surface area contributed by atoms with Crippen molar-refractivity contribution in [2.75, 3.05) is 26.2 Å². The van der Waals surface area contributed by atoms with Crippen LogP contribution < -0.4 is 0 Å². The van der Waals surface area contributed by atoms with Crippen molar-refractivity contribution >= 4 is 26.8 Å². The Labute approximate surface area is 173 Å². The quantitative estimate of drug-likeness (QED) is 0.826. The van der Waals surface area contributed by atoms with Gasteiger partial charge in [-0.15, -0.1) is 0 Å². The fourth-order valence-corrected chi connectivity index (χ4v) is 6.59. The van der Waals surface area contributed by atoms with E-state index in [9.17, 15) is 13.2 Å². The summed E-state index contributed by atoms with van der Waals surface area (Å²) in [6.07, 6.45) is 4.31. The van der Waals surface area contributed by atoms with Crippen molar-refractivity contribution in [3.63, 3.8) is 0 Å². The van der Waals surface area contributed by atoms with Gasteiger partial charge in [-0.2, -0.15) is 4.31 Å². The highest BCUT2D eigenvalue weighted by atomic mass is 32.2. The first-order valence-electron chi connectivity index (χ1n) is 10.7. The van der Waals surface area contributed by atoms with Gasteiger partial charge in [0.1, 0.15) is 5.69 Å². The number of rotatable bonds is 3. The van der Waals surface area contributed by atoms with Crippen LogP contribution in [0.15, 0.2) is 23.1 Å². The Hall–Kier alpha value is -1.86. The van der Waals surface area contributed by atoms with Crippen molar-refractivity contribution in [2.45, 2.75) is 51.3 Å². The van der Waals surface area contributed by atoms with Gasteiger partial charge in [-0.3, -0.25) is 4.79 Å². The van der Waals surface area contributed by atoms with Gasteiger partial charge >= 0.3 is 0 Å². The summed E-state index contributed by atoms with van der Waals surface area (Å²) in [6, 6.07) is 5.18. The summed E-state index contributed by atoms with van der Waals surface area (Å²) in [4.78, 5) is 18.4. The first kappa shape index (κ1) is 20.4. The minimum absolute atomic E-state index is 0.0153. The van der Waals surface area contributed by atoms with E-state index in [1.54, 1.807) is 22.5 Å². The maximum Gasteiger partial charge on any atom is 0.270 e. The van der Waals surface area contributed by atoms with Crippen molar-refractivity contribution in [3.8, 4) is 0 Å². The summed E-state index contributed by atoms with van der Waals surface area (Å²) >= 11 is 0. The molecule has 2 aromatic rings. The Kier molecular flexibility index (Phi) is 5.46. The number of H-pyrrole nitrogens is 1. The van der Waals surface area contributed by atoms with Gasteiger partial charge in [0.2, 0.25) is 10.0 Å². The molecule has 158 valence electrons. The minimum Gasteiger partial charge on any atom is -0.350 e. The first-order valence-corrected chi connectivity index (χ1v) is 12.1. The highest BCUT2D eigenvalue weighted by Crippen LogP contribution is 2.30. The van der Waals surface area contributed by atoms with Gasteiger partial charge in [-0.05, 0) is 68.2 Å². The van der Waals surface area contributed by atoms with E-state index in [-0.39, 0.29) is 5.91 Å². The number of nitrogens with zero attached hydrogens (tertiary/aromatic N) is 2. The van der Waals surface area contributed by atoms with Gasteiger partial charge in [0.25, 0.3) is 5.91 Å². The van der Waals surface area contributed by atoms with E-state index >= 15 is 0 Å². The summed E-state index contributed by atoms with van der Waals surface area (Å²) in [7, 11) is -3.54. The lowest BCUT2D eigenvalue weighted by Gasteiger charge is -2.34. The standard InChI is InChI=1S/C22H31N3O3S/c1-15-11-16(2)14-25(13-15)29(27,28)18-7-8-20-19(12-18)17(3)21(23-20)22(26)24-9-5-4-6-10-24/h7-8,12,15-16,23H,4-6,9-11,13-14H2,1-3H3. The van der Waals surface area contributed by atoms with Crippen LogP contribution in [-0.2, 0) is 10.0 Å². The molecule has 2 aliphatic rings. The number of sulfonamides is 1. The predicted octanol–water partition coefficient (Wildman–Crippen LogP) is 3.77. The molecule has 29 heavy (non-hydrogen) atoms. The molecule has 2 saturated heterocycles. The number of hydrogen-bond acceptors (Lipinski definition) is 3. The molecule has 2 atom stereocenters. The van der Waals surface area contributed by atoms with Gasteiger partial charge in [-0.25, -0.2) is 8.42 Å². The van der Waals surface area contributed by atoms with Gasteiger partial charge < -0.3 is 9.88 Å². The molecule has 0 spiro atoms. The average Bonchev–Trinajstić information content (AvgIpc) is 3.03. The number of aromatic amines is 1. The van der Waals surface area contributed by atoms with Gasteiger partial charge in [-0.1, -0.05) is 13.8 Å². The zero-order valence-electron chi connectivity index (χ0n) is 17.6. The second kappa shape index (κ2) is 7.76. The molecule has 3 heterocycles. The molecule has 0 saturated carbocycles. The van der Waals surface area contributed by atoms with Crippen molar-refractivity contribution in [1.82, 2.24) is 14.2 Å². The van der Waals surface area contributed by atoms with Crippen LogP contribution in [0, 0.1) is 18.8 Å². The summed E-state index contributed by atoms with van der Waals surface area (Å²) in [5.41, 5.74) is 2.21. The highest BCUT2D eigenvalue weighted by molar-refractivity contribution is 7.89. The van der Waals surface area contributed by atoms with E-state index in [4.69, 9.17) is 0 Å². The van der Waals surface area contributed by atoms with Crippen LogP contribution in [0.5, 0.6) is 0 Å². The van der Waals surface area contributed by atoms with E-state index in [1.807, 2.05) is 11.8 Å². The van der Waals surface area contributed by atoms with E-state index in [0.29, 0.717) is 35.5 Å². The molecule has 2 unspecified atom stereocenters. The van der Waals surface area contributed by atoms with Gasteiger partial charge in [0.15, 0.2) is 0 Å². The first-order chi connectivity index (χ1) is 13.8. The Morgan fingerprint density at radius 2 is 1.72 bits per heavy atom. The van der Waals surface area contributed by atoms with E-state index in [0.717, 1.165) is 48.8 Å². The van der Waals surface area contributed by atoms with Crippen LogP contribution in [0.4, 0.5) is 0 Å². The summed E-state index contributed by atoms with van der Waals surface area (Å²) in [5.74, 6) is 0.738. The Balaban J connectivity index is 1.67. The molecule has 7 heteroatoms. The number of benzene rings is 1. The summed E-state index contributed by atoms with van der Waals surface area (Å²) in [5, 5.41) is 0.810. The molecule has 1 aromatic heterocycles. The number of carbonyl (C=O) groups is 1. The Bertz CT molecular complexity index is 1010. The second-order valence-electron chi connectivity index (χ2n) is 8.95. The molecule has 0 bridgehead atoms. The lowest BCUT2D eigenvalue weighted by molar-refractivity contribution is 0.0718. The summed E-state index contributed by atoms with van der Waals surface area (Å²) in [6.45, 7) is 8.83. The maximum atomic E-state index is 13.3. The van der Waals surface area contributed by atoms with Crippen molar-refractivity contribution in [2.24, 2.45) is 11.8 Å². The number of nitrogens with one attached hydrogen (secondary N) is 1. The largest absolute Gasteiger partial charge is 0.350 e. The molecule has 4 rings (SSSR count). The molecule has 1 amide bonds. The van der Waals surface area contributed by atoms with Crippen molar-refractivity contribution < 1.29 is 13.2 Å². The monoisotopic (exact) mass is 417 g/mol. The number of fused-ring (bicyclic) bond motifs is 1. The number of amides is 1. The number of piperidine rings is 2. The average molecular weight is 418 g/mol. The van der Waals surface area contributed by atoms with Crippen LogP contribution in [0.25, 0.3) is 10.9 Å². The SMILES string of the molecule is Cc1c(C(=O)N2CCCCC2)[nH]c2ccc(S(=O)(=O)N3CC(C)CC(C)C3)cc12. The minimum atomic E-state index is -3.54. The van der Waals surface area contributed by atoms with E-state index in [1.165, 1.54) is 6.42 Å². The Morgan fingerprint density at radius 3 is 2.38 bits per heavy atom. The molecule has 0 radical (unpaired) electrons. The molecule has 0 aliphatic carbocycles. The highest BCUT2D eigenvalue weighted by Gasteiger charge is 2.32. The van der Waals surface area contributed by atoms with Gasteiger partial charge in [0, 0.05) is 37.1 Å². The lowest BCUT2D eigenvalue weighted by atomic mass is 9.94. The topological polar surface area (TPSA) is 73.5 Å². The van der Waals surface area contributed by atoms with E-state index < -0.39 is 10.0 Å². The third kappa shape index (κ3) is 3.82. The molecule has 6 nitrogen and oxygen atoms in total. The molecule has 2 aliphatic heterocycles. The number of aromatic nitrogens is 1. The normalized spacial score (nSPS) is 24.2. The summed E-state index contributed by atoms with van der Waals surface area (Å²) < 4.78 is 28.1. The Morgan fingerprint density at radius 1 is 1.07 bits per heavy atom. The van der Waals surface area contributed by atoms with E-state index in [2.05, 4.69) is 18.8 Å². The predicted molar refractivity (Wildman–Crippen MR) is 114 cm³/mol. The molecule has 1 N–H and O–H groups in total. The third-order valence-electron chi connectivity index (χ3n) is 6.36. The zero-order chi connectivity index (χ0) is 20.8. The lowest BCUT2D eigenvalue weighted by Crippen LogP contribution is -2.42. The fourth-order valence-electron chi connectivity index (χ4n) is 4.89. The number of aryl methyl sites for hydroxylation is 1. The number of hydrogen-bond donors (Lipinski definition) is 1. The number of likely N-dealkylation sites (tertiary alicyclic amines) is 1. The van der Waals surface area contributed by atoms with Gasteiger partial charge in [0.05, 0.1) is 4.90 Å². The van der Waals surface area contributed by atoms with Crippen molar-refractivity contribution in [1.29, 1.82) is 0 Å². The fraction of sp³-hybridized carbons (Fsp3) is 0.591. The molecular formula is C22H31N3O3S. The zero-order valence-corrected chi connectivity index (χ0v) is 18.4. The van der Waals surface area contributed by atoms with Crippen LogP contribution >= 0.6 is 0 Å². The smallest absolute Gasteiger partial charge is 0.270 e. The maximum absolute atomic E-state index is 13.3. The third-order valence-corrected chi connectivity index (χ3v) is 8.19.